The molecule has 0 aromatic heterocycles. The van der Waals surface area contributed by atoms with Gasteiger partial charge in [0.15, 0.2) is 11.5 Å². The van der Waals surface area contributed by atoms with Crippen LogP contribution in [0.4, 0.5) is 0 Å². The van der Waals surface area contributed by atoms with Crippen molar-refractivity contribution in [1.29, 1.82) is 0 Å². The van der Waals surface area contributed by atoms with Crippen LogP contribution in [0.15, 0.2) is 18.2 Å². The van der Waals surface area contributed by atoms with Crippen molar-refractivity contribution in [2.45, 2.75) is 32.9 Å². The van der Waals surface area contributed by atoms with E-state index in [0.29, 0.717) is 12.0 Å². The minimum Gasteiger partial charge on any atom is -0.493 e. The number of nitrogens with zero attached hydrogens (tertiary/aromatic N) is 1. The molecule has 1 heterocycles. The lowest BCUT2D eigenvalue weighted by atomic mass is 10.0. The Hall–Kier alpha value is -1.26. The summed E-state index contributed by atoms with van der Waals surface area (Å²) in [6, 6.07) is 6.78. The van der Waals surface area contributed by atoms with Gasteiger partial charge in [-0.3, -0.25) is 4.90 Å². The van der Waals surface area contributed by atoms with Crippen molar-refractivity contribution >= 4 is 0 Å². The van der Waals surface area contributed by atoms with Gasteiger partial charge in [-0.2, -0.15) is 0 Å². The summed E-state index contributed by atoms with van der Waals surface area (Å²) >= 11 is 0. The summed E-state index contributed by atoms with van der Waals surface area (Å²) in [6.07, 6.45) is 1.20. The number of rotatable bonds is 5. The van der Waals surface area contributed by atoms with Crippen LogP contribution in [-0.2, 0) is 6.54 Å². The number of methoxy groups -OCH3 is 2. The van der Waals surface area contributed by atoms with Crippen LogP contribution in [-0.4, -0.2) is 44.8 Å². The third-order valence-corrected chi connectivity index (χ3v) is 4.17. The lowest BCUT2D eigenvalue weighted by molar-refractivity contribution is 0.238. The molecule has 1 atom stereocenters. The number of hydrogen-bond acceptors (Lipinski definition) is 4. The van der Waals surface area contributed by atoms with Gasteiger partial charge in [-0.1, -0.05) is 19.9 Å². The van der Waals surface area contributed by atoms with Crippen molar-refractivity contribution in [1.82, 2.24) is 10.2 Å². The van der Waals surface area contributed by atoms with Gasteiger partial charge in [0, 0.05) is 19.1 Å². The Morgan fingerprint density at radius 2 is 2.00 bits per heavy atom. The number of hydrogen-bond donors (Lipinski definition) is 1. The maximum absolute atomic E-state index is 5.39. The molecule has 118 valence electrons. The molecule has 4 nitrogen and oxygen atoms in total. The maximum atomic E-state index is 5.39. The fourth-order valence-electron chi connectivity index (χ4n) is 2.85. The summed E-state index contributed by atoms with van der Waals surface area (Å²) in [7, 11) is 3.36. The second-order valence-electron chi connectivity index (χ2n) is 6.08. The van der Waals surface area contributed by atoms with E-state index in [1.54, 1.807) is 14.2 Å². The summed E-state index contributed by atoms with van der Waals surface area (Å²) < 4.78 is 10.7. The molecule has 4 heteroatoms. The molecule has 1 aliphatic heterocycles. The van der Waals surface area contributed by atoms with Crippen LogP contribution in [0.5, 0.6) is 11.5 Å². The van der Waals surface area contributed by atoms with Gasteiger partial charge in [-0.05, 0) is 43.1 Å². The van der Waals surface area contributed by atoms with Crippen LogP contribution in [0.3, 0.4) is 0 Å². The third kappa shape index (κ3) is 4.35. The van der Waals surface area contributed by atoms with Crippen molar-refractivity contribution in [3.63, 3.8) is 0 Å². The Kier molecular flexibility index (Phi) is 5.88. The Labute approximate surface area is 128 Å². The Morgan fingerprint density at radius 1 is 1.24 bits per heavy atom. The summed E-state index contributed by atoms with van der Waals surface area (Å²) in [6.45, 7) is 8.91. The highest BCUT2D eigenvalue weighted by molar-refractivity contribution is 5.42. The van der Waals surface area contributed by atoms with Gasteiger partial charge in [0.2, 0.25) is 0 Å². The first-order chi connectivity index (χ1) is 10.1. The molecule has 1 saturated heterocycles. The summed E-state index contributed by atoms with van der Waals surface area (Å²) in [5.41, 5.74) is 1.28. The van der Waals surface area contributed by atoms with Gasteiger partial charge in [0.1, 0.15) is 0 Å². The van der Waals surface area contributed by atoms with Crippen LogP contribution < -0.4 is 14.8 Å². The van der Waals surface area contributed by atoms with E-state index in [1.165, 1.54) is 12.0 Å². The highest BCUT2D eigenvalue weighted by Gasteiger charge is 2.20. The average Bonchev–Trinajstić information content (AvgIpc) is 2.72. The van der Waals surface area contributed by atoms with Crippen LogP contribution in [0.25, 0.3) is 0 Å². The van der Waals surface area contributed by atoms with Crippen molar-refractivity contribution < 1.29 is 9.47 Å². The quantitative estimate of drug-likeness (QED) is 0.904. The lowest BCUT2D eigenvalue weighted by Gasteiger charge is -2.27. The van der Waals surface area contributed by atoms with Crippen LogP contribution in [0.1, 0.15) is 25.8 Å². The zero-order valence-electron chi connectivity index (χ0n) is 13.7. The first kappa shape index (κ1) is 16.1. The van der Waals surface area contributed by atoms with E-state index in [-0.39, 0.29) is 0 Å². The molecule has 0 radical (unpaired) electrons. The van der Waals surface area contributed by atoms with Gasteiger partial charge in [0.25, 0.3) is 0 Å². The number of nitrogens with one attached hydrogen (secondary N) is 1. The minimum atomic E-state index is 0.577. The highest BCUT2D eigenvalue weighted by atomic mass is 16.5. The minimum absolute atomic E-state index is 0.577. The molecule has 0 bridgehead atoms. The van der Waals surface area contributed by atoms with Gasteiger partial charge in [-0.15, -0.1) is 0 Å². The van der Waals surface area contributed by atoms with Crippen molar-refractivity contribution in [3.05, 3.63) is 23.8 Å². The number of benzene rings is 1. The molecule has 1 N–H and O–H groups in total. The predicted octanol–water partition coefficient (Wildman–Crippen LogP) is 2.52. The van der Waals surface area contributed by atoms with Gasteiger partial charge in [0.05, 0.1) is 14.2 Å². The van der Waals surface area contributed by atoms with E-state index in [2.05, 4.69) is 36.2 Å². The van der Waals surface area contributed by atoms with Crippen molar-refractivity contribution in [3.8, 4) is 11.5 Å². The molecule has 1 aromatic carbocycles. The molecule has 1 fully saturated rings. The molecule has 21 heavy (non-hydrogen) atoms. The standard InChI is InChI=1S/C17H28N2O2/c1-13(2)15-12-19(9-5-8-18-15)11-14-6-7-16(20-3)17(10-14)21-4/h6-7,10,13,15,18H,5,8-9,11-12H2,1-4H3. The van der Waals surface area contributed by atoms with E-state index < -0.39 is 0 Å². The molecule has 0 amide bonds. The Balaban J connectivity index is 2.05. The molecule has 1 aliphatic rings. The molecular formula is C17H28N2O2. The van der Waals surface area contributed by atoms with Gasteiger partial charge in [-0.25, -0.2) is 0 Å². The lowest BCUT2D eigenvalue weighted by Crippen LogP contribution is -2.41. The van der Waals surface area contributed by atoms with Crippen molar-refractivity contribution in [2.24, 2.45) is 5.92 Å². The smallest absolute Gasteiger partial charge is 0.161 e. The maximum Gasteiger partial charge on any atom is 0.161 e. The summed E-state index contributed by atoms with van der Waals surface area (Å²) in [4.78, 5) is 2.53. The second kappa shape index (κ2) is 7.66. The Morgan fingerprint density at radius 3 is 2.67 bits per heavy atom. The molecule has 2 rings (SSSR count). The van der Waals surface area contributed by atoms with Gasteiger partial charge < -0.3 is 14.8 Å². The first-order valence-electron chi connectivity index (χ1n) is 7.80. The van der Waals surface area contributed by atoms with E-state index in [4.69, 9.17) is 9.47 Å². The van der Waals surface area contributed by atoms with E-state index in [9.17, 15) is 0 Å². The third-order valence-electron chi connectivity index (χ3n) is 4.17. The molecule has 0 saturated carbocycles. The SMILES string of the molecule is COc1ccc(CN2CCCNC(C(C)C)C2)cc1OC. The molecule has 0 spiro atoms. The van der Waals surface area contributed by atoms with E-state index in [1.807, 2.05) is 6.07 Å². The normalized spacial score (nSPS) is 20.3. The zero-order chi connectivity index (χ0) is 15.2. The van der Waals surface area contributed by atoms with Crippen LogP contribution in [0.2, 0.25) is 0 Å². The highest BCUT2D eigenvalue weighted by Crippen LogP contribution is 2.28. The summed E-state index contributed by atoms with van der Waals surface area (Å²) in [5.74, 6) is 2.26. The topological polar surface area (TPSA) is 33.7 Å². The predicted molar refractivity (Wildman–Crippen MR) is 86.1 cm³/mol. The van der Waals surface area contributed by atoms with Crippen LogP contribution >= 0.6 is 0 Å². The fraction of sp³-hybridized carbons (Fsp3) is 0.647. The molecular weight excluding hydrogens is 264 g/mol. The van der Waals surface area contributed by atoms with E-state index in [0.717, 1.165) is 37.7 Å². The van der Waals surface area contributed by atoms with Gasteiger partial charge >= 0.3 is 0 Å². The molecule has 1 aromatic rings. The second-order valence-corrected chi connectivity index (χ2v) is 6.08. The number of ether oxygens (including phenoxy) is 2. The van der Waals surface area contributed by atoms with E-state index >= 15 is 0 Å². The molecule has 1 unspecified atom stereocenters. The molecule has 0 aliphatic carbocycles. The summed E-state index contributed by atoms with van der Waals surface area (Å²) in [5, 5.41) is 3.65. The van der Waals surface area contributed by atoms with Crippen molar-refractivity contribution in [2.75, 3.05) is 33.9 Å². The zero-order valence-corrected chi connectivity index (χ0v) is 13.7. The Bertz CT molecular complexity index is 448. The van der Waals surface area contributed by atoms with Crippen LogP contribution in [0, 0.1) is 5.92 Å². The average molecular weight is 292 g/mol. The largest absolute Gasteiger partial charge is 0.493 e. The monoisotopic (exact) mass is 292 g/mol. The first-order valence-corrected chi connectivity index (χ1v) is 7.80. The fourth-order valence-corrected chi connectivity index (χ4v) is 2.85.